The number of nitrogens with zero attached hydrogens (tertiary/aromatic N) is 3. The van der Waals surface area contributed by atoms with Gasteiger partial charge < -0.3 is 10.2 Å². The minimum absolute atomic E-state index is 0.752. The average Bonchev–Trinajstić information content (AvgIpc) is 2.13. The van der Waals surface area contributed by atoms with E-state index in [1.165, 1.54) is 13.1 Å². The van der Waals surface area contributed by atoms with Crippen molar-refractivity contribution in [2.45, 2.75) is 0 Å². The molecule has 14 heavy (non-hydrogen) atoms. The smallest absolute Gasteiger partial charge is 0.143 e. The Morgan fingerprint density at radius 2 is 2.43 bits per heavy atom. The fraction of sp³-hybridized carbons (Fsp3) is 0.556. The van der Waals surface area contributed by atoms with Crippen molar-refractivity contribution in [3.63, 3.8) is 0 Å². The van der Waals surface area contributed by atoms with E-state index in [0.717, 1.165) is 22.8 Å². The van der Waals surface area contributed by atoms with Crippen LogP contribution >= 0.6 is 15.9 Å². The average molecular weight is 257 g/mol. The fourth-order valence-corrected chi connectivity index (χ4v) is 2.00. The molecule has 0 unspecified atom stereocenters. The first-order valence-electron chi connectivity index (χ1n) is 4.63. The molecular weight excluding hydrogens is 244 g/mol. The van der Waals surface area contributed by atoms with Crippen molar-refractivity contribution in [2.24, 2.45) is 5.92 Å². The van der Waals surface area contributed by atoms with E-state index in [-0.39, 0.29) is 0 Å². The maximum absolute atomic E-state index is 4.14. The molecule has 1 saturated heterocycles. The number of anilines is 1. The molecule has 0 saturated carbocycles. The summed E-state index contributed by atoms with van der Waals surface area (Å²) < 4.78 is 0.924. The minimum Gasteiger partial charge on any atom is -0.369 e. The molecule has 0 aliphatic carbocycles. The molecule has 4 nitrogen and oxygen atoms in total. The van der Waals surface area contributed by atoms with Gasteiger partial charge in [0.1, 0.15) is 12.1 Å². The molecule has 0 bridgehead atoms. The van der Waals surface area contributed by atoms with Gasteiger partial charge in [-0.25, -0.2) is 9.97 Å². The molecule has 1 aliphatic heterocycles. The van der Waals surface area contributed by atoms with Crippen LogP contribution in [-0.2, 0) is 0 Å². The minimum atomic E-state index is 0.752. The molecule has 1 aromatic heterocycles. The molecule has 5 heteroatoms. The van der Waals surface area contributed by atoms with E-state index in [1.54, 1.807) is 12.5 Å². The number of hydrogen-bond donors (Lipinski definition) is 1. The van der Waals surface area contributed by atoms with Gasteiger partial charge in [0.15, 0.2) is 0 Å². The van der Waals surface area contributed by atoms with Gasteiger partial charge in [-0.3, -0.25) is 0 Å². The van der Waals surface area contributed by atoms with Gasteiger partial charge in [0.2, 0.25) is 0 Å². The highest BCUT2D eigenvalue weighted by atomic mass is 79.9. The molecule has 0 radical (unpaired) electrons. The lowest BCUT2D eigenvalue weighted by molar-refractivity contribution is 0.144. The highest BCUT2D eigenvalue weighted by Crippen LogP contribution is 2.19. The maximum atomic E-state index is 4.14. The Kier molecular flexibility index (Phi) is 2.98. The largest absolute Gasteiger partial charge is 0.369 e. The number of nitrogens with one attached hydrogen (secondary N) is 1. The first-order valence-corrected chi connectivity index (χ1v) is 5.43. The first kappa shape index (κ1) is 9.86. The molecule has 0 spiro atoms. The van der Waals surface area contributed by atoms with Crippen LogP contribution in [0.3, 0.4) is 0 Å². The summed E-state index contributed by atoms with van der Waals surface area (Å²) in [6.07, 6.45) is 3.31. The van der Waals surface area contributed by atoms with Gasteiger partial charge in [0.05, 0.1) is 4.47 Å². The highest BCUT2D eigenvalue weighted by molar-refractivity contribution is 9.10. The normalized spacial score (nSPS) is 17.9. The van der Waals surface area contributed by atoms with E-state index in [2.05, 4.69) is 43.2 Å². The van der Waals surface area contributed by atoms with Crippen LogP contribution in [0.15, 0.2) is 17.0 Å². The number of aromatic nitrogens is 2. The Bertz CT molecular complexity index is 311. The van der Waals surface area contributed by atoms with Gasteiger partial charge in [-0.2, -0.15) is 0 Å². The van der Waals surface area contributed by atoms with Gasteiger partial charge in [0, 0.05) is 31.7 Å². The van der Waals surface area contributed by atoms with Crippen molar-refractivity contribution in [2.75, 3.05) is 32.0 Å². The third kappa shape index (κ3) is 2.22. The van der Waals surface area contributed by atoms with Crippen molar-refractivity contribution in [1.82, 2.24) is 14.9 Å². The lowest BCUT2D eigenvalue weighted by atomic mass is 10.0. The van der Waals surface area contributed by atoms with Gasteiger partial charge in [0.25, 0.3) is 0 Å². The standard InChI is InChI=1S/C9H13BrN4/c1-14-4-7(5-14)2-12-9-8(10)3-11-6-13-9/h3,6-7H,2,4-5H2,1H3,(H,11,12,13). The van der Waals surface area contributed by atoms with E-state index >= 15 is 0 Å². The summed E-state index contributed by atoms with van der Waals surface area (Å²) in [5.74, 6) is 1.64. The molecule has 2 rings (SSSR count). The molecular formula is C9H13BrN4. The van der Waals surface area contributed by atoms with Crippen LogP contribution in [0, 0.1) is 5.92 Å². The van der Waals surface area contributed by atoms with Crippen molar-refractivity contribution >= 4 is 21.7 Å². The lowest BCUT2D eigenvalue weighted by Crippen LogP contribution is -2.46. The zero-order valence-corrected chi connectivity index (χ0v) is 9.66. The van der Waals surface area contributed by atoms with Crippen molar-refractivity contribution in [3.05, 3.63) is 17.0 Å². The zero-order valence-electron chi connectivity index (χ0n) is 8.07. The summed E-state index contributed by atoms with van der Waals surface area (Å²) in [4.78, 5) is 10.4. The second kappa shape index (κ2) is 4.23. The molecule has 1 fully saturated rings. The quantitative estimate of drug-likeness (QED) is 0.883. The second-order valence-corrected chi connectivity index (χ2v) is 4.54. The second-order valence-electron chi connectivity index (χ2n) is 3.69. The molecule has 2 heterocycles. The molecule has 0 amide bonds. The number of halogens is 1. The Morgan fingerprint density at radius 1 is 1.64 bits per heavy atom. The Balaban J connectivity index is 1.83. The third-order valence-electron chi connectivity index (χ3n) is 2.37. The van der Waals surface area contributed by atoms with E-state index in [0.29, 0.717) is 0 Å². The summed E-state index contributed by atoms with van der Waals surface area (Å²) in [5, 5.41) is 3.31. The van der Waals surface area contributed by atoms with E-state index in [4.69, 9.17) is 0 Å². The van der Waals surface area contributed by atoms with Crippen LogP contribution in [0.2, 0.25) is 0 Å². The van der Waals surface area contributed by atoms with Crippen LogP contribution in [-0.4, -0.2) is 41.5 Å². The van der Waals surface area contributed by atoms with Gasteiger partial charge in [-0.05, 0) is 23.0 Å². The van der Waals surface area contributed by atoms with Crippen LogP contribution < -0.4 is 5.32 Å². The third-order valence-corrected chi connectivity index (χ3v) is 2.95. The number of rotatable bonds is 3. The maximum Gasteiger partial charge on any atom is 0.143 e. The Morgan fingerprint density at radius 3 is 3.07 bits per heavy atom. The lowest BCUT2D eigenvalue weighted by Gasteiger charge is -2.36. The van der Waals surface area contributed by atoms with Crippen molar-refractivity contribution in [1.29, 1.82) is 0 Å². The summed E-state index contributed by atoms with van der Waals surface area (Å²) in [5.41, 5.74) is 0. The topological polar surface area (TPSA) is 41.0 Å². The molecule has 1 aliphatic rings. The van der Waals surface area contributed by atoms with E-state index in [9.17, 15) is 0 Å². The predicted octanol–water partition coefficient (Wildman–Crippen LogP) is 1.21. The van der Waals surface area contributed by atoms with Gasteiger partial charge in [-0.1, -0.05) is 0 Å². The predicted molar refractivity (Wildman–Crippen MR) is 59.2 cm³/mol. The number of likely N-dealkylation sites (tertiary alicyclic amines) is 1. The first-order chi connectivity index (χ1) is 6.75. The number of hydrogen-bond acceptors (Lipinski definition) is 4. The van der Waals surface area contributed by atoms with Crippen LogP contribution in [0.5, 0.6) is 0 Å². The fourth-order valence-electron chi connectivity index (χ4n) is 1.64. The Hall–Kier alpha value is -0.680. The molecule has 1 N–H and O–H groups in total. The van der Waals surface area contributed by atoms with Gasteiger partial charge in [-0.15, -0.1) is 0 Å². The van der Waals surface area contributed by atoms with E-state index < -0.39 is 0 Å². The molecule has 0 aromatic carbocycles. The zero-order chi connectivity index (χ0) is 9.97. The van der Waals surface area contributed by atoms with Crippen molar-refractivity contribution in [3.8, 4) is 0 Å². The van der Waals surface area contributed by atoms with Crippen LogP contribution in [0.25, 0.3) is 0 Å². The highest BCUT2D eigenvalue weighted by Gasteiger charge is 2.22. The summed E-state index contributed by atoms with van der Waals surface area (Å²) in [7, 11) is 2.14. The Labute approximate surface area is 91.9 Å². The SMILES string of the molecule is CN1CC(CNc2ncncc2Br)C1. The van der Waals surface area contributed by atoms with E-state index in [1.807, 2.05) is 0 Å². The molecule has 1 aromatic rings. The monoisotopic (exact) mass is 256 g/mol. The van der Waals surface area contributed by atoms with Crippen LogP contribution in [0.4, 0.5) is 5.82 Å². The summed E-state index contributed by atoms with van der Waals surface area (Å²) in [6.45, 7) is 3.34. The summed E-state index contributed by atoms with van der Waals surface area (Å²) >= 11 is 3.40. The molecule has 76 valence electrons. The van der Waals surface area contributed by atoms with Gasteiger partial charge >= 0.3 is 0 Å². The summed E-state index contributed by atoms with van der Waals surface area (Å²) in [6, 6.07) is 0. The van der Waals surface area contributed by atoms with Crippen LogP contribution in [0.1, 0.15) is 0 Å². The van der Waals surface area contributed by atoms with Crippen molar-refractivity contribution < 1.29 is 0 Å². The molecule has 0 atom stereocenters.